The zero-order valence-electron chi connectivity index (χ0n) is 26.0. The Morgan fingerprint density at radius 2 is 1.91 bits per heavy atom. The minimum Gasteiger partial charge on any atom is -0.497 e. The third kappa shape index (κ3) is 8.43. The number of ether oxygens (including phenoxy) is 2. The van der Waals surface area contributed by atoms with Gasteiger partial charge in [0.25, 0.3) is 0 Å². The van der Waals surface area contributed by atoms with Crippen molar-refractivity contribution in [1.29, 1.82) is 0 Å². The summed E-state index contributed by atoms with van der Waals surface area (Å²) >= 11 is 0. The van der Waals surface area contributed by atoms with Gasteiger partial charge in [-0.1, -0.05) is 44.9 Å². The molecule has 0 fully saturated rings. The summed E-state index contributed by atoms with van der Waals surface area (Å²) in [5.74, 6) is -1.64. The summed E-state index contributed by atoms with van der Waals surface area (Å²) < 4.78 is 39.8. The Kier molecular flexibility index (Phi) is 11.9. The van der Waals surface area contributed by atoms with E-state index in [0.717, 1.165) is 30.0 Å². The molecule has 1 aliphatic heterocycles. The molecule has 2 aliphatic rings. The first-order chi connectivity index (χ1) is 21.1. The van der Waals surface area contributed by atoms with Crippen LogP contribution in [0.15, 0.2) is 48.6 Å². The van der Waals surface area contributed by atoms with Crippen molar-refractivity contribution in [3.8, 4) is 5.75 Å². The lowest BCUT2D eigenvalue weighted by Gasteiger charge is -2.32. The van der Waals surface area contributed by atoms with Gasteiger partial charge in [-0.2, -0.15) is 0 Å². The third-order valence-electron chi connectivity index (χ3n) is 8.66. The van der Waals surface area contributed by atoms with Crippen LogP contribution in [-0.2, 0) is 20.7 Å². The van der Waals surface area contributed by atoms with Crippen molar-refractivity contribution in [2.45, 2.75) is 82.7 Å². The fraction of sp³-hybridized carbons (Fsp3) is 0.529. The van der Waals surface area contributed by atoms with Gasteiger partial charge in [-0.15, -0.1) is 0 Å². The van der Waals surface area contributed by atoms with Crippen molar-refractivity contribution in [3.05, 3.63) is 76.9 Å². The highest BCUT2D eigenvalue weighted by molar-refractivity contribution is 5.88. The molecular formula is C34H45F2N3O5. The number of hydrogen-bond donors (Lipinski definition) is 3. The first kappa shape index (κ1) is 33.6. The Morgan fingerprint density at radius 1 is 1.16 bits per heavy atom. The standard InChI is InChI=1S/C34H45F2N3O5/c1-5-6-9-21(2)34(42)39(3)30-10-7-8-13-44-32-19-28(27-18-25(43-4)11-12-26(27)32)37-20-31(40)29(38-33(30)41)16-22-14-23(35)17-24(36)15-22/h7-8,11-12,14-15,17-18,21,28-32,37,40H,5-6,9-10,13,16,19-20H2,1-4H3,(H,38,41)/b8-7-/t21-,28-,29-,30-,31+,32-/m0/s1. The van der Waals surface area contributed by atoms with Crippen LogP contribution >= 0.6 is 0 Å². The molecular weight excluding hydrogens is 568 g/mol. The molecule has 2 bridgehead atoms. The monoisotopic (exact) mass is 613 g/mol. The lowest BCUT2D eigenvalue weighted by molar-refractivity contribution is -0.142. The molecule has 0 saturated heterocycles. The second-order valence-electron chi connectivity index (χ2n) is 11.9. The number of unbranched alkanes of at least 4 members (excludes halogenated alkanes) is 1. The zero-order chi connectivity index (χ0) is 31.8. The van der Waals surface area contributed by atoms with Crippen molar-refractivity contribution in [2.24, 2.45) is 5.92 Å². The van der Waals surface area contributed by atoms with Crippen LogP contribution in [0.5, 0.6) is 5.75 Å². The smallest absolute Gasteiger partial charge is 0.243 e. The van der Waals surface area contributed by atoms with E-state index in [4.69, 9.17) is 9.47 Å². The number of hydrogen-bond acceptors (Lipinski definition) is 6. The lowest BCUT2D eigenvalue weighted by Crippen LogP contribution is -2.55. The highest BCUT2D eigenvalue weighted by atomic mass is 19.1. The van der Waals surface area contributed by atoms with Crippen LogP contribution in [0.25, 0.3) is 0 Å². The maximum absolute atomic E-state index is 14.1. The van der Waals surface area contributed by atoms with Crippen molar-refractivity contribution >= 4 is 11.8 Å². The quantitative estimate of drug-likeness (QED) is 0.371. The predicted molar refractivity (Wildman–Crippen MR) is 164 cm³/mol. The molecule has 240 valence electrons. The number of carbonyl (C=O) groups excluding carboxylic acids is 2. The van der Waals surface area contributed by atoms with Crippen molar-refractivity contribution in [3.63, 3.8) is 0 Å². The molecule has 1 aliphatic carbocycles. The van der Waals surface area contributed by atoms with Gasteiger partial charge >= 0.3 is 0 Å². The van der Waals surface area contributed by atoms with Gasteiger partial charge in [-0.05, 0) is 66.6 Å². The number of likely N-dealkylation sites (N-methyl/N-ethyl adjacent to an activating group) is 1. The van der Waals surface area contributed by atoms with E-state index in [0.29, 0.717) is 30.8 Å². The Labute approximate surface area is 258 Å². The van der Waals surface area contributed by atoms with Crippen LogP contribution in [0, 0.1) is 17.6 Å². The van der Waals surface area contributed by atoms with Crippen LogP contribution in [0.1, 0.15) is 74.8 Å². The van der Waals surface area contributed by atoms with E-state index in [2.05, 4.69) is 17.6 Å². The van der Waals surface area contributed by atoms with E-state index >= 15 is 0 Å². The molecule has 2 amide bonds. The molecule has 0 radical (unpaired) electrons. The first-order valence-corrected chi connectivity index (χ1v) is 15.5. The number of aliphatic hydroxyl groups excluding tert-OH is 1. The van der Waals surface area contributed by atoms with Gasteiger partial charge < -0.3 is 30.1 Å². The summed E-state index contributed by atoms with van der Waals surface area (Å²) in [5.41, 5.74) is 2.33. The van der Waals surface area contributed by atoms with E-state index in [1.165, 1.54) is 17.0 Å². The second kappa shape index (κ2) is 15.6. The van der Waals surface area contributed by atoms with Crippen LogP contribution in [0.3, 0.4) is 0 Å². The Morgan fingerprint density at radius 3 is 2.61 bits per heavy atom. The highest BCUT2D eigenvalue weighted by Gasteiger charge is 2.35. The Bertz CT molecular complexity index is 1300. The van der Waals surface area contributed by atoms with Crippen LogP contribution in [0.4, 0.5) is 8.78 Å². The van der Waals surface area contributed by atoms with Gasteiger partial charge in [0, 0.05) is 31.6 Å². The molecule has 10 heteroatoms. The summed E-state index contributed by atoms with van der Waals surface area (Å²) in [4.78, 5) is 28.6. The lowest BCUT2D eigenvalue weighted by atomic mass is 9.98. The molecule has 4 rings (SSSR count). The maximum atomic E-state index is 14.1. The number of β-amino-alcohol motifs (C(OH)–C–C–N with tert-alkyl or cyclic N) is 1. The molecule has 1 heterocycles. The van der Waals surface area contributed by atoms with Gasteiger partial charge in [0.15, 0.2) is 0 Å². The molecule has 6 atom stereocenters. The summed E-state index contributed by atoms with van der Waals surface area (Å²) in [7, 11) is 3.22. The van der Waals surface area contributed by atoms with Gasteiger partial charge in [0.1, 0.15) is 23.4 Å². The number of aliphatic hydroxyl groups is 1. The van der Waals surface area contributed by atoms with Crippen LogP contribution in [-0.4, -0.2) is 67.3 Å². The van der Waals surface area contributed by atoms with Crippen molar-refractivity contribution in [1.82, 2.24) is 15.5 Å². The molecule has 0 unspecified atom stereocenters. The molecule has 0 aromatic heterocycles. The summed E-state index contributed by atoms with van der Waals surface area (Å²) in [5, 5.41) is 17.8. The Balaban J connectivity index is 1.64. The number of nitrogens with zero attached hydrogens (tertiary/aromatic N) is 1. The minimum absolute atomic E-state index is 0.0167. The number of amides is 2. The molecule has 2 aromatic rings. The molecule has 2 aromatic carbocycles. The largest absolute Gasteiger partial charge is 0.497 e. The molecule has 44 heavy (non-hydrogen) atoms. The number of nitrogens with one attached hydrogen (secondary N) is 2. The normalized spacial score (nSPS) is 25.6. The van der Waals surface area contributed by atoms with Gasteiger partial charge in [-0.25, -0.2) is 8.78 Å². The molecule has 8 nitrogen and oxygen atoms in total. The van der Waals surface area contributed by atoms with Gasteiger partial charge in [0.2, 0.25) is 11.8 Å². The van der Waals surface area contributed by atoms with Crippen molar-refractivity contribution < 1.29 is 33.0 Å². The van der Waals surface area contributed by atoms with Crippen LogP contribution < -0.4 is 15.4 Å². The third-order valence-corrected chi connectivity index (χ3v) is 8.66. The summed E-state index contributed by atoms with van der Waals surface area (Å²) in [6.07, 6.45) is 5.79. The van der Waals surface area contributed by atoms with Crippen molar-refractivity contribution in [2.75, 3.05) is 27.3 Å². The zero-order valence-corrected chi connectivity index (χ0v) is 26.0. The first-order valence-electron chi connectivity index (χ1n) is 15.5. The molecule has 0 spiro atoms. The van der Waals surface area contributed by atoms with E-state index in [1.807, 2.05) is 37.3 Å². The summed E-state index contributed by atoms with van der Waals surface area (Å²) in [6, 6.07) is 7.09. The average Bonchev–Trinajstić information content (AvgIpc) is 3.34. The average molecular weight is 614 g/mol. The maximum Gasteiger partial charge on any atom is 0.243 e. The highest BCUT2D eigenvalue weighted by Crippen LogP contribution is 2.42. The van der Waals surface area contributed by atoms with E-state index in [9.17, 15) is 23.5 Å². The Hall–Kier alpha value is -3.34. The number of methoxy groups -OCH3 is 1. The predicted octanol–water partition coefficient (Wildman–Crippen LogP) is 4.77. The second-order valence-corrected chi connectivity index (χ2v) is 11.9. The summed E-state index contributed by atoms with van der Waals surface area (Å²) in [6.45, 7) is 4.33. The van der Waals surface area contributed by atoms with Gasteiger partial charge in [0.05, 0.1) is 32.0 Å². The number of benzene rings is 2. The topological polar surface area (TPSA) is 100 Å². The number of fused-ring (bicyclic) bond motifs is 5. The van der Waals surface area contributed by atoms with Crippen LogP contribution in [0.2, 0.25) is 0 Å². The number of halogens is 2. The molecule has 3 N–H and O–H groups in total. The fourth-order valence-corrected chi connectivity index (χ4v) is 6.09. The van der Waals surface area contributed by atoms with E-state index in [1.54, 1.807) is 14.2 Å². The SMILES string of the molecule is CCCC[C@H](C)C(=O)N(C)[C@H]1C/C=C\CO[C@H]2C[C@H](NC[C@@H](O)[C@H](Cc3cc(F)cc(F)c3)NC1=O)c1cc(OC)ccc12. The fourth-order valence-electron chi connectivity index (χ4n) is 6.09. The minimum atomic E-state index is -1.12. The van der Waals surface area contributed by atoms with Gasteiger partial charge in [-0.3, -0.25) is 9.59 Å². The van der Waals surface area contributed by atoms with E-state index in [-0.39, 0.29) is 43.4 Å². The number of rotatable bonds is 8. The van der Waals surface area contributed by atoms with E-state index < -0.39 is 35.7 Å². The number of carbonyl (C=O) groups is 2. The molecule has 0 saturated carbocycles.